The fraction of sp³-hybridized carbons (Fsp3) is 0.333. The Balaban J connectivity index is 1.62. The van der Waals surface area contributed by atoms with Crippen molar-refractivity contribution in [1.29, 1.82) is 0 Å². The number of para-hydroxylation sites is 1. The van der Waals surface area contributed by atoms with Crippen LogP contribution in [-0.2, 0) is 4.79 Å². The first-order valence-electron chi connectivity index (χ1n) is 9.09. The van der Waals surface area contributed by atoms with Crippen LogP contribution in [0.25, 0.3) is 0 Å². The van der Waals surface area contributed by atoms with Gasteiger partial charge in [-0.15, -0.1) is 0 Å². The average Bonchev–Trinajstić information content (AvgIpc) is 2.68. The molecule has 5 nitrogen and oxygen atoms in total. The summed E-state index contributed by atoms with van der Waals surface area (Å²) < 4.78 is 5.61. The Kier molecular flexibility index (Phi) is 6.35. The predicted octanol–water partition coefficient (Wildman–Crippen LogP) is 5.10. The maximum Gasteiger partial charge on any atom is 0.337 e. The number of carboxylic acids is 1. The zero-order valence-corrected chi connectivity index (χ0v) is 15.7. The molecule has 1 amide bonds. The summed E-state index contributed by atoms with van der Waals surface area (Å²) in [5.74, 6) is -0.439. The molecule has 0 heterocycles. The molecule has 27 heavy (non-hydrogen) atoms. The first-order chi connectivity index (χ1) is 13.0. The highest BCUT2D eigenvalue weighted by Gasteiger charge is 2.17. The van der Waals surface area contributed by atoms with Crippen LogP contribution in [-0.4, -0.2) is 23.6 Å². The molecule has 2 N–H and O–H groups in total. The lowest BCUT2D eigenvalue weighted by atomic mass is 9.84. The quantitative estimate of drug-likeness (QED) is 0.722. The lowest BCUT2D eigenvalue weighted by molar-refractivity contribution is -0.118. The van der Waals surface area contributed by atoms with Crippen LogP contribution in [0, 0.1) is 0 Å². The van der Waals surface area contributed by atoms with Crippen molar-refractivity contribution in [2.45, 2.75) is 38.0 Å². The number of carboxylic acid groups (broad SMARTS) is 1. The Morgan fingerprint density at radius 3 is 2.59 bits per heavy atom. The van der Waals surface area contributed by atoms with E-state index in [0.717, 1.165) is 0 Å². The molecule has 2 aromatic rings. The number of ether oxygens (including phenoxy) is 1. The maximum absolute atomic E-state index is 12.2. The van der Waals surface area contributed by atoms with E-state index in [0.29, 0.717) is 11.7 Å². The number of amides is 1. The van der Waals surface area contributed by atoms with E-state index < -0.39 is 11.9 Å². The highest BCUT2D eigenvalue weighted by atomic mass is 35.5. The maximum atomic E-state index is 12.2. The number of anilines is 1. The van der Waals surface area contributed by atoms with Crippen LogP contribution in [0.15, 0.2) is 42.5 Å². The highest BCUT2D eigenvalue weighted by Crippen LogP contribution is 2.34. The summed E-state index contributed by atoms with van der Waals surface area (Å²) in [7, 11) is 0. The SMILES string of the molecule is O=C(COc1cccc(C2CCCCC2)c1)Nc1c(Cl)cccc1C(=O)O. The number of nitrogens with one attached hydrogen (secondary N) is 1. The molecular formula is C21H22ClNO4. The van der Waals surface area contributed by atoms with Crippen molar-refractivity contribution in [3.05, 3.63) is 58.6 Å². The Labute approximate surface area is 163 Å². The third kappa shape index (κ3) is 5.01. The molecule has 0 aliphatic heterocycles. The van der Waals surface area contributed by atoms with Crippen molar-refractivity contribution < 1.29 is 19.4 Å². The lowest BCUT2D eigenvalue weighted by Gasteiger charge is -2.22. The van der Waals surface area contributed by atoms with Gasteiger partial charge in [0.05, 0.1) is 16.3 Å². The summed E-state index contributed by atoms with van der Waals surface area (Å²) in [6.45, 7) is -0.224. The normalized spacial score (nSPS) is 14.6. The van der Waals surface area contributed by atoms with E-state index in [1.165, 1.54) is 55.9 Å². The van der Waals surface area contributed by atoms with Gasteiger partial charge in [0.2, 0.25) is 0 Å². The Morgan fingerprint density at radius 2 is 1.85 bits per heavy atom. The Morgan fingerprint density at radius 1 is 1.11 bits per heavy atom. The fourth-order valence-electron chi connectivity index (χ4n) is 3.45. The summed E-state index contributed by atoms with van der Waals surface area (Å²) >= 11 is 6.02. The summed E-state index contributed by atoms with van der Waals surface area (Å²) in [4.78, 5) is 23.5. The van der Waals surface area contributed by atoms with Crippen LogP contribution in [0.5, 0.6) is 5.75 Å². The summed E-state index contributed by atoms with van der Waals surface area (Å²) in [5.41, 5.74) is 1.26. The van der Waals surface area contributed by atoms with E-state index in [1.54, 1.807) is 0 Å². The minimum Gasteiger partial charge on any atom is -0.484 e. The zero-order valence-electron chi connectivity index (χ0n) is 14.9. The third-order valence-corrected chi connectivity index (χ3v) is 5.13. The van der Waals surface area contributed by atoms with E-state index in [2.05, 4.69) is 11.4 Å². The third-order valence-electron chi connectivity index (χ3n) is 4.81. The molecule has 0 radical (unpaired) electrons. The van der Waals surface area contributed by atoms with E-state index >= 15 is 0 Å². The minimum absolute atomic E-state index is 0.0601. The first-order valence-corrected chi connectivity index (χ1v) is 9.47. The second kappa shape index (κ2) is 8.91. The van der Waals surface area contributed by atoms with E-state index in [1.807, 2.05) is 18.2 Å². The number of hydrogen-bond acceptors (Lipinski definition) is 3. The number of hydrogen-bond donors (Lipinski definition) is 2. The van der Waals surface area contributed by atoms with E-state index in [4.69, 9.17) is 16.3 Å². The molecule has 6 heteroatoms. The summed E-state index contributed by atoms with van der Waals surface area (Å²) in [6, 6.07) is 12.3. The number of carbonyl (C=O) groups is 2. The van der Waals surface area contributed by atoms with Gasteiger partial charge < -0.3 is 15.2 Å². The summed E-state index contributed by atoms with van der Waals surface area (Å²) in [5, 5.41) is 11.9. The van der Waals surface area contributed by atoms with Crippen LogP contribution in [0.4, 0.5) is 5.69 Å². The number of rotatable bonds is 6. The molecule has 0 spiro atoms. The van der Waals surface area contributed by atoms with Gasteiger partial charge in [-0.1, -0.05) is 49.1 Å². The van der Waals surface area contributed by atoms with Gasteiger partial charge in [0.15, 0.2) is 6.61 Å². The molecule has 0 saturated heterocycles. The van der Waals surface area contributed by atoms with Crippen molar-refractivity contribution in [2.75, 3.05) is 11.9 Å². The highest BCUT2D eigenvalue weighted by molar-refractivity contribution is 6.34. The van der Waals surface area contributed by atoms with E-state index in [-0.39, 0.29) is 22.9 Å². The minimum atomic E-state index is -1.16. The molecular weight excluding hydrogens is 366 g/mol. The van der Waals surface area contributed by atoms with Crippen LogP contribution >= 0.6 is 11.6 Å². The van der Waals surface area contributed by atoms with Gasteiger partial charge in [-0.05, 0) is 48.6 Å². The lowest BCUT2D eigenvalue weighted by Crippen LogP contribution is -2.22. The second-order valence-electron chi connectivity index (χ2n) is 6.71. The van der Waals surface area contributed by atoms with Crippen LogP contribution in [0.1, 0.15) is 53.9 Å². The summed E-state index contributed by atoms with van der Waals surface area (Å²) in [6.07, 6.45) is 6.18. The van der Waals surface area contributed by atoms with Gasteiger partial charge in [-0.2, -0.15) is 0 Å². The number of benzene rings is 2. The van der Waals surface area contributed by atoms with Crippen LogP contribution in [0.2, 0.25) is 5.02 Å². The van der Waals surface area contributed by atoms with Gasteiger partial charge in [-0.3, -0.25) is 4.79 Å². The van der Waals surface area contributed by atoms with Gasteiger partial charge in [-0.25, -0.2) is 4.79 Å². The molecule has 0 atom stereocenters. The number of halogens is 1. The van der Waals surface area contributed by atoms with Crippen molar-refractivity contribution in [2.24, 2.45) is 0 Å². The molecule has 2 aromatic carbocycles. The molecule has 1 aliphatic rings. The van der Waals surface area contributed by atoms with Crippen LogP contribution < -0.4 is 10.1 Å². The average molecular weight is 388 g/mol. The van der Waals surface area contributed by atoms with Crippen molar-refractivity contribution >= 4 is 29.2 Å². The van der Waals surface area contributed by atoms with E-state index in [9.17, 15) is 14.7 Å². The molecule has 1 fully saturated rings. The topological polar surface area (TPSA) is 75.6 Å². The fourth-order valence-corrected chi connectivity index (χ4v) is 3.67. The first kappa shape index (κ1) is 19.2. The number of aromatic carboxylic acids is 1. The predicted molar refractivity (Wildman–Crippen MR) is 105 cm³/mol. The monoisotopic (exact) mass is 387 g/mol. The number of carbonyl (C=O) groups excluding carboxylic acids is 1. The van der Waals surface area contributed by atoms with Gasteiger partial charge in [0.25, 0.3) is 5.91 Å². The Hall–Kier alpha value is -2.53. The van der Waals surface area contributed by atoms with Crippen LogP contribution in [0.3, 0.4) is 0 Å². The standard InChI is InChI=1S/C21H22ClNO4/c22-18-11-5-10-17(21(25)26)20(18)23-19(24)13-27-16-9-4-8-15(12-16)14-6-2-1-3-7-14/h4-5,8-12,14H,1-3,6-7,13H2,(H,23,24)(H,25,26). The smallest absolute Gasteiger partial charge is 0.337 e. The van der Waals surface area contributed by atoms with Gasteiger partial charge >= 0.3 is 5.97 Å². The Bertz CT molecular complexity index is 831. The molecule has 1 saturated carbocycles. The molecule has 0 bridgehead atoms. The molecule has 0 unspecified atom stereocenters. The second-order valence-corrected chi connectivity index (χ2v) is 7.12. The molecule has 142 valence electrons. The van der Waals surface area contributed by atoms with Gasteiger partial charge in [0, 0.05) is 0 Å². The van der Waals surface area contributed by atoms with Gasteiger partial charge in [0.1, 0.15) is 5.75 Å². The van der Waals surface area contributed by atoms with Crippen molar-refractivity contribution in [1.82, 2.24) is 0 Å². The molecule has 1 aliphatic carbocycles. The van der Waals surface area contributed by atoms with Crippen molar-refractivity contribution in [3.63, 3.8) is 0 Å². The largest absolute Gasteiger partial charge is 0.484 e. The molecule has 0 aromatic heterocycles. The molecule has 3 rings (SSSR count). The zero-order chi connectivity index (χ0) is 19.2. The van der Waals surface area contributed by atoms with Crippen molar-refractivity contribution in [3.8, 4) is 5.75 Å².